The van der Waals surface area contributed by atoms with Gasteiger partial charge in [0.05, 0.1) is 6.04 Å². The topological polar surface area (TPSA) is 86.8 Å². The number of hydrogen-bond donors (Lipinski definition) is 2. The number of H-pyrrole nitrogens is 1. The minimum Gasteiger partial charge on any atom is -0.291 e. The monoisotopic (exact) mass is 304 g/mol. The molecule has 0 aliphatic carbocycles. The zero-order valence-electron chi connectivity index (χ0n) is 12.0. The van der Waals surface area contributed by atoms with Crippen molar-refractivity contribution in [2.45, 2.75) is 31.8 Å². The van der Waals surface area contributed by atoms with Gasteiger partial charge < -0.3 is 0 Å². The number of halogens is 1. The van der Waals surface area contributed by atoms with Crippen LogP contribution in [-0.2, 0) is 11.3 Å². The third kappa shape index (κ3) is 3.45. The van der Waals surface area contributed by atoms with E-state index in [9.17, 15) is 9.18 Å². The molecule has 1 aromatic carbocycles. The van der Waals surface area contributed by atoms with Crippen molar-refractivity contribution in [1.29, 1.82) is 0 Å². The number of likely N-dealkylation sites (tertiary alicyclic amines) is 1. The Labute approximate surface area is 126 Å². The van der Waals surface area contributed by atoms with Gasteiger partial charge in [0.25, 0.3) is 5.95 Å². The first-order valence-corrected chi connectivity index (χ1v) is 7.25. The maximum Gasteiger partial charge on any atom is 0.269 e. The van der Waals surface area contributed by atoms with Crippen molar-refractivity contribution in [2.24, 2.45) is 0 Å². The zero-order valence-corrected chi connectivity index (χ0v) is 12.0. The summed E-state index contributed by atoms with van der Waals surface area (Å²) >= 11 is 0. The summed E-state index contributed by atoms with van der Waals surface area (Å²) in [5.74, 6) is -0.214. The number of tetrazole rings is 1. The van der Waals surface area contributed by atoms with Crippen LogP contribution in [0.25, 0.3) is 0 Å². The van der Waals surface area contributed by atoms with Gasteiger partial charge in [-0.1, -0.05) is 23.7 Å². The van der Waals surface area contributed by atoms with Crippen LogP contribution in [-0.4, -0.2) is 44.0 Å². The number of benzene rings is 1. The summed E-state index contributed by atoms with van der Waals surface area (Å²) in [5, 5.41) is 15.8. The van der Waals surface area contributed by atoms with Crippen LogP contribution in [0.2, 0.25) is 0 Å². The smallest absolute Gasteiger partial charge is 0.269 e. The van der Waals surface area contributed by atoms with Crippen molar-refractivity contribution >= 4 is 11.9 Å². The third-order valence-corrected chi connectivity index (χ3v) is 3.80. The van der Waals surface area contributed by atoms with E-state index >= 15 is 0 Å². The molecule has 0 saturated carbocycles. The quantitative estimate of drug-likeness (QED) is 0.890. The molecule has 0 unspecified atom stereocenters. The first kappa shape index (κ1) is 14.6. The highest BCUT2D eigenvalue weighted by Gasteiger charge is 2.29. The summed E-state index contributed by atoms with van der Waals surface area (Å²) in [6, 6.07) is 6.13. The van der Waals surface area contributed by atoms with E-state index in [1.54, 1.807) is 12.1 Å². The molecule has 1 aliphatic rings. The number of piperidine rings is 1. The Morgan fingerprint density at radius 2 is 2.18 bits per heavy atom. The fourth-order valence-electron chi connectivity index (χ4n) is 2.71. The van der Waals surface area contributed by atoms with Gasteiger partial charge in [-0.3, -0.25) is 15.0 Å². The van der Waals surface area contributed by atoms with E-state index in [1.165, 1.54) is 12.1 Å². The fraction of sp³-hybridized carbons (Fsp3) is 0.429. The Kier molecular flexibility index (Phi) is 4.38. The molecule has 3 rings (SSSR count). The second-order valence-electron chi connectivity index (χ2n) is 5.33. The van der Waals surface area contributed by atoms with Crippen LogP contribution in [0.5, 0.6) is 0 Å². The molecular formula is C14H17FN6O. The van der Waals surface area contributed by atoms with E-state index in [0.717, 1.165) is 31.4 Å². The van der Waals surface area contributed by atoms with E-state index in [1.807, 2.05) is 0 Å². The van der Waals surface area contributed by atoms with E-state index < -0.39 is 0 Å². The molecule has 8 heteroatoms. The van der Waals surface area contributed by atoms with Gasteiger partial charge in [0.1, 0.15) is 5.82 Å². The van der Waals surface area contributed by atoms with Crippen molar-refractivity contribution in [3.05, 3.63) is 35.6 Å². The fourth-order valence-corrected chi connectivity index (χ4v) is 2.71. The SMILES string of the molecule is O=C(Nc1nn[nH]n1)[C@@H]1CCCCN1Cc1ccc(F)cc1. The molecule has 2 aromatic rings. The molecule has 1 saturated heterocycles. The summed E-state index contributed by atoms with van der Waals surface area (Å²) in [6.45, 7) is 1.45. The Hall–Kier alpha value is -2.35. The summed E-state index contributed by atoms with van der Waals surface area (Å²) in [7, 11) is 0. The first-order valence-electron chi connectivity index (χ1n) is 7.25. The zero-order chi connectivity index (χ0) is 15.4. The highest BCUT2D eigenvalue weighted by molar-refractivity contribution is 5.93. The molecular weight excluding hydrogens is 287 g/mol. The van der Waals surface area contributed by atoms with Crippen molar-refractivity contribution in [3.63, 3.8) is 0 Å². The molecule has 0 spiro atoms. The van der Waals surface area contributed by atoms with Gasteiger partial charge in [-0.15, -0.1) is 5.10 Å². The number of aromatic amines is 1. The third-order valence-electron chi connectivity index (χ3n) is 3.80. The molecule has 1 aliphatic heterocycles. The molecule has 7 nitrogen and oxygen atoms in total. The largest absolute Gasteiger partial charge is 0.291 e. The minimum atomic E-state index is -0.256. The lowest BCUT2D eigenvalue weighted by molar-refractivity contribution is -0.122. The van der Waals surface area contributed by atoms with Crippen molar-refractivity contribution in [1.82, 2.24) is 25.5 Å². The van der Waals surface area contributed by atoms with Crippen LogP contribution in [0, 0.1) is 5.82 Å². The van der Waals surface area contributed by atoms with Crippen LogP contribution in [0.3, 0.4) is 0 Å². The van der Waals surface area contributed by atoms with E-state index in [2.05, 4.69) is 30.8 Å². The van der Waals surface area contributed by atoms with Crippen LogP contribution in [0.1, 0.15) is 24.8 Å². The number of carbonyl (C=O) groups excluding carboxylic acids is 1. The van der Waals surface area contributed by atoms with Gasteiger partial charge >= 0.3 is 0 Å². The molecule has 0 bridgehead atoms. The van der Waals surface area contributed by atoms with E-state index in [-0.39, 0.29) is 23.7 Å². The van der Waals surface area contributed by atoms with Gasteiger partial charge in [-0.05, 0) is 42.3 Å². The number of amides is 1. The number of nitrogens with one attached hydrogen (secondary N) is 2. The van der Waals surface area contributed by atoms with E-state index in [0.29, 0.717) is 6.54 Å². The Morgan fingerprint density at radius 3 is 2.91 bits per heavy atom. The van der Waals surface area contributed by atoms with Crippen molar-refractivity contribution in [3.8, 4) is 0 Å². The summed E-state index contributed by atoms with van der Waals surface area (Å²) in [5.41, 5.74) is 0.987. The standard InChI is InChI=1S/C14H17FN6O/c15-11-6-4-10(5-7-11)9-21-8-2-1-3-12(21)13(22)16-14-17-19-20-18-14/h4-7,12H,1-3,8-9H2,(H2,16,17,18,19,20,22)/t12-/m0/s1. The maximum absolute atomic E-state index is 13.0. The number of rotatable bonds is 4. The predicted octanol–water partition coefficient (Wildman–Crippen LogP) is 1.33. The van der Waals surface area contributed by atoms with Gasteiger partial charge in [0.15, 0.2) is 0 Å². The first-order chi connectivity index (χ1) is 10.7. The van der Waals surface area contributed by atoms with Crippen molar-refractivity contribution < 1.29 is 9.18 Å². The lowest BCUT2D eigenvalue weighted by Gasteiger charge is -2.34. The highest BCUT2D eigenvalue weighted by Crippen LogP contribution is 2.20. The minimum absolute atomic E-state index is 0.136. The van der Waals surface area contributed by atoms with E-state index in [4.69, 9.17) is 0 Å². The van der Waals surface area contributed by atoms with Gasteiger partial charge in [-0.25, -0.2) is 4.39 Å². The predicted molar refractivity (Wildman–Crippen MR) is 77.3 cm³/mol. The molecule has 116 valence electrons. The molecule has 0 radical (unpaired) electrons. The average molecular weight is 304 g/mol. The summed E-state index contributed by atoms with van der Waals surface area (Å²) in [6.07, 6.45) is 2.84. The highest BCUT2D eigenvalue weighted by atomic mass is 19.1. The van der Waals surface area contributed by atoms with Gasteiger partial charge in [-0.2, -0.15) is 5.21 Å². The Balaban J connectivity index is 1.67. The molecule has 2 N–H and O–H groups in total. The number of anilines is 1. The lowest BCUT2D eigenvalue weighted by atomic mass is 10.0. The maximum atomic E-state index is 13.0. The summed E-state index contributed by atoms with van der Waals surface area (Å²) < 4.78 is 13.0. The van der Waals surface area contributed by atoms with Gasteiger partial charge in [0.2, 0.25) is 5.91 Å². The number of carbonyl (C=O) groups is 1. The Bertz CT molecular complexity index is 615. The lowest BCUT2D eigenvalue weighted by Crippen LogP contribution is -2.46. The molecule has 1 aromatic heterocycles. The van der Waals surface area contributed by atoms with Crippen LogP contribution in [0.4, 0.5) is 10.3 Å². The average Bonchev–Trinajstić information content (AvgIpc) is 3.03. The number of aromatic nitrogens is 4. The Morgan fingerprint density at radius 1 is 1.36 bits per heavy atom. The summed E-state index contributed by atoms with van der Waals surface area (Å²) in [4.78, 5) is 14.5. The van der Waals surface area contributed by atoms with Crippen LogP contribution in [0.15, 0.2) is 24.3 Å². The molecule has 1 amide bonds. The second kappa shape index (κ2) is 6.61. The molecule has 2 heterocycles. The van der Waals surface area contributed by atoms with Crippen molar-refractivity contribution in [2.75, 3.05) is 11.9 Å². The molecule has 1 atom stereocenters. The number of hydrogen-bond acceptors (Lipinski definition) is 5. The number of nitrogens with zero attached hydrogens (tertiary/aromatic N) is 4. The normalized spacial score (nSPS) is 19.0. The van der Waals surface area contributed by atoms with Crippen LogP contribution < -0.4 is 5.32 Å². The molecule has 1 fully saturated rings. The second-order valence-corrected chi connectivity index (χ2v) is 5.33. The van der Waals surface area contributed by atoms with Crippen LogP contribution >= 0.6 is 0 Å². The van der Waals surface area contributed by atoms with Gasteiger partial charge in [0, 0.05) is 6.54 Å². The molecule has 22 heavy (non-hydrogen) atoms.